The van der Waals surface area contributed by atoms with Crippen LogP contribution in [0.15, 0.2) is 0 Å². The van der Waals surface area contributed by atoms with E-state index < -0.39 is 0 Å². The summed E-state index contributed by atoms with van der Waals surface area (Å²) in [5.41, 5.74) is 0. The normalized spacial score (nSPS) is 27.9. The van der Waals surface area contributed by atoms with Crippen molar-refractivity contribution in [2.75, 3.05) is 39.8 Å². The van der Waals surface area contributed by atoms with Crippen LogP contribution in [0, 0.1) is 0 Å². The van der Waals surface area contributed by atoms with E-state index in [0.29, 0.717) is 19.1 Å². The maximum absolute atomic E-state index is 11.8. The fraction of sp³-hybridized carbons (Fsp3) is 0.917. The summed E-state index contributed by atoms with van der Waals surface area (Å²) in [6, 6.07) is 0.357. The molecule has 1 amide bonds. The highest BCUT2D eigenvalue weighted by atomic mass is 16.5. The largest absolute Gasteiger partial charge is 0.375 e. The smallest absolute Gasteiger partial charge is 0.222 e. The molecule has 0 saturated carbocycles. The summed E-state index contributed by atoms with van der Waals surface area (Å²) in [4.78, 5) is 14.1. The van der Waals surface area contributed by atoms with Crippen LogP contribution in [-0.2, 0) is 9.53 Å². The van der Waals surface area contributed by atoms with Crippen molar-refractivity contribution in [2.45, 2.75) is 31.4 Å². The van der Waals surface area contributed by atoms with Gasteiger partial charge < -0.3 is 20.3 Å². The van der Waals surface area contributed by atoms with Gasteiger partial charge in [0.15, 0.2) is 0 Å². The maximum atomic E-state index is 11.8. The van der Waals surface area contributed by atoms with Gasteiger partial charge in [-0.25, -0.2) is 0 Å². The summed E-state index contributed by atoms with van der Waals surface area (Å²) in [5, 5.41) is 6.35. The molecule has 98 valence electrons. The number of piperidine rings is 1. The molecule has 0 aromatic heterocycles. The quantitative estimate of drug-likeness (QED) is 0.704. The summed E-state index contributed by atoms with van der Waals surface area (Å²) in [6.07, 6.45) is 2.66. The first-order chi connectivity index (χ1) is 8.24. The van der Waals surface area contributed by atoms with E-state index in [1.165, 1.54) is 0 Å². The summed E-state index contributed by atoms with van der Waals surface area (Å²) >= 11 is 0. The summed E-state index contributed by atoms with van der Waals surface area (Å²) in [5.74, 6) is 0.133. The van der Waals surface area contributed by atoms with Gasteiger partial charge in [-0.05, 0) is 33.0 Å². The number of nitrogens with one attached hydrogen (secondary N) is 2. The minimum atomic E-state index is 0.0509. The van der Waals surface area contributed by atoms with Gasteiger partial charge in [0, 0.05) is 19.1 Å². The van der Waals surface area contributed by atoms with Gasteiger partial charge in [-0.3, -0.25) is 4.79 Å². The molecule has 0 spiro atoms. The summed E-state index contributed by atoms with van der Waals surface area (Å²) in [6.45, 7) is 4.55. The van der Waals surface area contributed by atoms with Crippen LogP contribution >= 0.6 is 0 Å². The Morgan fingerprint density at radius 1 is 1.47 bits per heavy atom. The first kappa shape index (κ1) is 12.8. The minimum absolute atomic E-state index is 0.0509. The zero-order valence-corrected chi connectivity index (χ0v) is 10.6. The van der Waals surface area contributed by atoms with Crippen LogP contribution in [0.5, 0.6) is 0 Å². The first-order valence-electron chi connectivity index (χ1n) is 6.54. The molecule has 0 aromatic carbocycles. The number of carbonyl (C=O) groups is 1. The van der Waals surface area contributed by atoms with Crippen molar-refractivity contribution in [3.8, 4) is 0 Å². The molecule has 0 radical (unpaired) electrons. The predicted octanol–water partition coefficient (Wildman–Crippen LogP) is -0.425. The Labute approximate surface area is 103 Å². The van der Waals surface area contributed by atoms with Crippen LogP contribution in [0.3, 0.4) is 0 Å². The number of carbonyl (C=O) groups excluding carboxylic acids is 1. The lowest BCUT2D eigenvalue weighted by Gasteiger charge is -2.30. The zero-order valence-electron chi connectivity index (χ0n) is 10.6. The van der Waals surface area contributed by atoms with Gasteiger partial charge in [-0.2, -0.15) is 0 Å². The molecule has 2 aliphatic heterocycles. The van der Waals surface area contributed by atoms with Crippen molar-refractivity contribution < 1.29 is 9.53 Å². The van der Waals surface area contributed by atoms with Crippen molar-refractivity contribution >= 4 is 5.91 Å². The standard InChI is InChI=1S/C12H23N3O2/c1-15-5-2-10(3-6-15)14-12(16)8-11-9-13-4-7-17-11/h10-11,13H,2-9H2,1H3,(H,14,16). The first-order valence-corrected chi connectivity index (χ1v) is 6.54. The Morgan fingerprint density at radius 2 is 2.24 bits per heavy atom. The lowest BCUT2D eigenvalue weighted by atomic mass is 10.1. The van der Waals surface area contributed by atoms with E-state index in [0.717, 1.165) is 39.0 Å². The molecular weight excluding hydrogens is 218 g/mol. The third kappa shape index (κ3) is 4.26. The molecule has 0 aliphatic carbocycles. The van der Waals surface area contributed by atoms with Crippen molar-refractivity contribution in [3.05, 3.63) is 0 Å². The van der Waals surface area contributed by atoms with Gasteiger partial charge >= 0.3 is 0 Å². The van der Waals surface area contributed by atoms with Gasteiger partial charge in [0.1, 0.15) is 0 Å². The Hall–Kier alpha value is -0.650. The van der Waals surface area contributed by atoms with Crippen LogP contribution < -0.4 is 10.6 Å². The second kappa shape index (κ2) is 6.33. The third-order valence-electron chi connectivity index (χ3n) is 3.50. The Morgan fingerprint density at radius 3 is 2.88 bits per heavy atom. The van der Waals surface area contributed by atoms with Crippen molar-refractivity contribution in [3.63, 3.8) is 0 Å². The van der Waals surface area contributed by atoms with Crippen molar-refractivity contribution in [2.24, 2.45) is 0 Å². The topological polar surface area (TPSA) is 53.6 Å². The molecule has 5 nitrogen and oxygen atoms in total. The molecule has 2 heterocycles. The Bertz CT molecular complexity index is 246. The van der Waals surface area contributed by atoms with E-state index >= 15 is 0 Å². The van der Waals surface area contributed by atoms with E-state index in [1.54, 1.807) is 0 Å². The Balaban J connectivity index is 1.66. The zero-order chi connectivity index (χ0) is 12.1. The number of morpholine rings is 1. The van der Waals surface area contributed by atoms with Gasteiger partial charge in [0.25, 0.3) is 0 Å². The maximum Gasteiger partial charge on any atom is 0.222 e. The highest BCUT2D eigenvalue weighted by molar-refractivity contribution is 5.76. The van der Waals surface area contributed by atoms with Crippen molar-refractivity contribution in [1.29, 1.82) is 0 Å². The van der Waals surface area contributed by atoms with E-state index in [-0.39, 0.29) is 12.0 Å². The highest BCUT2D eigenvalue weighted by Gasteiger charge is 2.21. The fourth-order valence-electron chi connectivity index (χ4n) is 2.40. The average molecular weight is 241 g/mol. The van der Waals surface area contributed by atoms with Gasteiger partial charge in [-0.15, -0.1) is 0 Å². The van der Waals surface area contributed by atoms with Crippen LogP contribution in [0.2, 0.25) is 0 Å². The monoisotopic (exact) mass is 241 g/mol. The molecule has 5 heteroatoms. The molecular formula is C12H23N3O2. The molecule has 2 aliphatic rings. The SMILES string of the molecule is CN1CCC(NC(=O)CC2CNCCO2)CC1. The van der Waals surface area contributed by atoms with Crippen LogP contribution in [0.4, 0.5) is 0 Å². The molecule has 17 heavy (non-hydrogen) atoms. The van der Waals surface area contributed by atoms with E-state index in [4.69, 9.17) is 4.74 Å². The van der Waals surface area contributed by atoms with Crippen LogP contribution in [0.1, 0.15) is 19.3 Å². The Kier molecular flexibility index (Phi) is 4.76. The molecule has 0 aromatic rings. The predicted molar refractivity (Wildman–Crippen MR) is 65.9 cm³/mol. The van der Waals surface area contributed by atoms with Crippen molar-refractivity contribution in [1.82, 2.24) is 15.5 Å². The average Bonchev–Trinajstić information content (AvgIpc) is 2.33. The van der Waals surface area contributed by atoms with E-state index in [2.05, 4.69) is 22.6 Å². The molecule has 2 fully saturated rings. The highest BCUT2D eigenvalue weighted by Crippen LogP contribution is 2.09. The molecule has 1 atom stereocenters. The molecule has 0 bridgehead atoms. The molecule has 2 N–H and O–H groups in total. The van der Waals surface area contributed by atoms with Crippen LogP contribution in [0.25, 0.3) is 0 Å². The number of hydrogen-bond donors (Lipinski definition) is 2. The number of ether oxygens (including phenoxy) is 1. The molecule has 2 rings (SSSR count). The number of hydrogen-bond acceptors (Lipinski definition) is 4. The number of likely N-dealkylation sites (tertiary alicyclic amines) is 1. The minimum Gasteiger partial charge on any atom is -0.375 e. The lowest BCUT2D eigenvalue weighted by Crippen LogP contribution is -2.46. The summed E-state index contributed by atoms with van der Waals surface area (Å²) in [7, 11) is 2.12. The molecule has 1 unspecified atom stereocenters. The van der Waals surface area contributed by atoms with Gasteiger partial charge in [-0.1, -0.05) is 0 Å². The van der Waals surface area contributed by atoms with Crippen LogP contribution in [-0.4, -0.2) is 62.8 Å². The summed E-state index contributed by atoms with van der Waals surface area (Å²) < 4.78 is 5.52. The molecule has 2 saturated heterocycles. The van der Waals surface area contributed by atoms with E-state index in [1.807, 2.05) is 0 Å². The number of amides is 1. The number of rotatable bonds is 3. The van der Waals surface area contributed by atoms with Gasteiger partial charge in [0.05, 0.1) is 19.1 Å². The lowest BCUT2D eigenvalue weighted by molar-refractivity contribution is -0.125. The van der Waals surface area contributed by atoms with Gasteiger partial charge in [0.2, 0.25) is 5.91 Å². The second-order valence-electron chi connectivity index (χ2n) is 5.05. The third-order valence-corrected chi connectivity index (χ3v) is 3.50. The fourth-order valence-corrected chi connectivity index (χ4v) is 2.40. The van der Waals surface area contributed by atoms with E-state index in [9.17, 15) is 4.79 Å². The number of nitrogens with zero attached hydrogens (tertiary/aromatic N) is 1. The second-order valence-corrected chi connectivity index (χ2v) is 5.05.